The van der Waals surface area contributed by atoms with Gasteiger partial charge in [-0.3, -0.25) is 0 Å². The summed E-state index contributed by atoms with van der Waals surface area (Å²) < 4.78 is 5.13. The predicted molar refractivity (Wildman–Crippen MR) is 53.9 cm³/mol. The van der Waals surface area contributed by atoms with Crippen LogP contribution >= 0.6 is 0 Å². The van der Waals surface area contributed by atoms with Crippen LogP contribution in [0.1, 0.15) is 33.6 Å². The molecule has 3 heteroatoms. The molecule has 0 amide bonds. The van der Waals surface area contributed by atoms with Crippen LogP contribution in [0.3, 0.4) is 0 Å². The summed E-state index contributed by atoms with van der Waals surface area (Å²) in [6, 6.07) is 0. The zero-order chi connectivity index (χ0) is 10.7. The number of hydrogen-bond acceptors (Lipinski definition) is 2. The lowest BCUT2D eigenvalue weighted by Crippen LogP contribution is -1.92. The summed E-state index contributed by atoms with van der Waals surface area (Å²) in [5, 5.41) is 7.89. The van der Waals surface area contributed by atoms with Crippen LogP contribution in [-0.4, -0.2) is 24.3 Å². The number of ether oxygens (including phenoxy) is 1. The molecule has 0 aromatic carbocycles. The van der Waals surface area contributed by atoms with E-state index in [-0.39, 0.29) is 5.57 Å². The minimum absolute atomic E-state index is 0.176. The molecule has 0 aromatic rings. The molecule has 0 saturated heterocycles. The van der Waals surface area contributed by atoms with Crippen molar-refractivity contribution >= 4 is 5.97 Å². The average molecular weight is 188 g/mol. The van der Waals surface area contributed by atoms with Crippen molar-refractivity contribution < 1.29 is 14.6 Å². The lowest BCUT2D eigenvalue weighted by atomic mass is 10.4. The molecule has 0 radical (unpaired) electrons. The van der Waals surface area contributed by atoms with Crippen LogP contribution in [0.4, 0.5) is 0 Å². The van der Waals surface area contributed by atoms with Gasteiger partial charge in [0.2, 0.25) is 0 Å². The molecule has 0 bridgehead atoms. The monoisotopic (exact) mass is 188 g/mol. The Hall–Kier alpha value is -0.830. The Morgan fingerprint density at radius 3 is 1.77 bits per heavy atom. The quantitative estimate of drug-likeness (QED) is 0.532. The van der Waals surface area contributed by atoms with Crippen LogP contribution in [0.25, 0.3) is 0 Å². The van der Waals surface area contributed by atoms with Gasteiger partial charge >= 0.3 is 5.97 Å². The van der Waals surface area contributed by atoms with Crippen molar-refractivity contribution in [3.63, 3.8) is 0 Å². The molecule has 0 saturated carbocycles. The highest BCUT2D eigenvalue weighted by Crippen LogP contribution is 1.81. The largest absolute Gasteiger partial charge is 0.478 e. The Kier molecular flexibility index (Phi) is 12.6. The third kappa shape index (κ3) is 18.3. The van der Waals surface area contributed by atoms with Gasteiger partial charge in [0.1, 0.15) is 0 Å². The third-order valence-electron chi connectivity index (χ3n) is 1.06. The Bertz CT molecular complexity index is 125. The van der Waals surface area contributed by atoms with Gasteiger partial charge in [0.05, 0.1) is 0 Å². The van der Waals surface area contributed by atoms with E-state index >= 15 is 0 Å². The average Bonchev–Trinajstić information content (AvgIpc) is 2.06. The van der Waals surface area contributed by atoms with Crippen molar-refractivity contribution in [3.05, 3.63) is 12.2 Å². The van der Waals surface area contributed by atoms with E-state index in [1.54, 1.807) is 0 Å². The Balaban J connectivity index is 0. The summed E-state index contributed by atoms with van der Waals surface area (Å²) >= 11 is 0. The number of carboxylic acid groups (broad SMARTS) is 1. The van der Waals surface area contributed by atoms with Gasteiger partial charge in [-0.1, -0.05) is 20.4 Å². The van der Waals surface area contributed by atoms with E-state index in [4.69, 9.17) is 9.84 Å². The molecule has 0 aliphatic carbocycles. The second-order valence-corrected chi connectivity index (χ2v) is 2.70. The van der Waals surface area contributed by atoms with Gasteiger partial charge < -0.3 is 9.84 Å². The molecule has 78 valence electrons. The van der Waals surface area contributed by atoms with Crippen LogP contribution in [-0.2, 0) is 9.53 Å². The molecule has 0 atom stereocenters. The summed E-state index contributed by atoms with van der Waals surface area (Å²) in [6.45, 7) is 10.7. The topological polar surface area (TPSA) is 46.5 Å². The summed E-state index contributed by atoms with van der Waals surface area (Å²) in [5.41, 5.74) is 0.176. The van der Waals surface area contributed by atoms with Crippen molar-refractivity contribution in [2.45, 2.75) is 33.6 Å². The molecule has 0 fully saturated rings. The molecular formula is C10H20O3. The van der Waals surface area contributed by atoms with Crippen LogP contribution in [0.2, 0.25) is 0 Å². The van der Waals surface area contributed by atoms with E-state index in [2.05, 4.69) is 20.4 Å². The molecule has 3 nitrogen and oxygen atoms in total. The molecular weight excluding hydrogens is 168 g/mol. The molecule has 0 aliphatic rings. The lowest BCUT2D eigenvalue weighted by Gasteiger charge is -1.95. The smallest absolute Gasteiger partial charge is 0.330 e. The summed E-state index contributed by atoms with van der Waals surface area (Å²) in [6.07, 6.45) is 2.28. The van der Waals surface area contributed by atoms with Gasteiger partial charge in [-0.25, -0.2) is 4.79 Å². The van der Waals surface area contributed by atoms with E-state index in [9.17, 15) is 4.79 Å². The Morgan fingerprint density at radius 1 is 1.31 bits per heavy atom. The summed E-state index contributed by atoms with van der Waals surface area (Å²) in [7, 11) is 0. The normalized spacial score (nSPS) is 8.54. The van der Waals surface area contributed by atoms with Crippen LogP contribution in [0.15, 0.2) is 12.2 Å². The van der Waals surface area contributed by atoms with Crippen molar-refractivity contribution in [2.24, 2.45) is 0 Å². The van der Waals surface area contributed by atoms with Gasteiger partial charge in [0.25, 0.3) is 0 Å². The summed E-state index contributed by atoms with van der Waals surface area (Å²) in [5.74, 6) is -0.935. The molecule has 0 rings (SSSR count). The van der Waals surface area contributed by atoms with E-state index in [0.29, 0.717) is 0 Å². The van der Waals surface area contributed by atoms with Gasteiger partial charge in [0, 0.05) is 18.8 Å². The van der Waals surface area contributed by atoms with Crippen molar-refractivity contribution in [1.82, 2.24) is 0 Å². The highest BCUT2D eigenvalue weighted by atomic mass is 16.5. The third-order valence-corrected chi connectivity index (χ3v) is 1.06. The molecule has 1 N–H and O–H groups in total. The highest BCUT2D eigenvalue weighted by molar-refractivity contribution is 5.84. The van der Waals surface area contributed by atoms with Crippen LogP contribution in [0, 0.1) is 0 Å². The maximum absolute atomic E-state index is 9.60. The van der Waals surface area contributed by atoms with Crippen LogP contribution < -0.4 is 0 Å². The van der Waals surface area contributed by atoms with Crippen molar-refractivity contribution in [3.8, 4) is 0 Å². The Morgan fingerprint density at radius 2 is 1.62 bits per heavy atom. The minimum atomic E-state index is -0.935. The number of rotatable bonds is 5. The first kappa shape index (κ1) is 14.7. The maximum Gasteiger partial charge on any atom is 0.330 e. The van der Waals surface area contributed by atoms with Crippen molar-refractivity contribution in [2.75, 3.05) is 13.2 Å². The molecule has 0 heterocycles. The first-order chi connectivity index (χ1) is 6.06. The van der Waals surface area contributed by atoms with Gasteiger partial charge in [0.15, 0.2) is 0 Å². The molecule has 13 heavy (non-hydrogen) atoms. The van der Waals surface area contributed by atoms with Gasteiger partial charge in [-0.05, 0) is 19.8 Å². The fraction of sp³-hybridized carbons (Fsp3) is 0.700. The predicted octanol–water partition coefficient (Wildman–Crippen LogP) is 2.47. The minimum Gasteiger partial charge on any atom is -0.478 e. The first-order valence-electron chi connectivity index (χ1n) is 4.52. The van der Waals surface area contributed by atoms with Crippen molar-refractivity contribution in [1.29, 1.82) is 0 Å². The fourth-order valence-electron chi connectivity index (χ4n) is 0.391. The number of aliphatic carboxylic acids is 1. The van der Waals surface area contributed by atoms with E-state index in [0.717, 1.165) is 26.1 Å². The lowest BCUT2D eigenvalue weighted by molar-refractivity contribution is -0.132. The van der Waals surface area contributed by atoms with E-state index in [1.807, 2.05) is 0 Å². The second-order valence-electron chi connectivity index (χ2n) is 2.70. The zero-order valence-electron chi connectivity index (χ0n) is 8.80. The zero-order valence-corrected chi connectivity index (χ0v) is 8.80. The van der Waals surface area contributed by atoms with Gasteiger partial charge in [-0.2, -0.15) is 0 Å². The highest BCUT2D eigenvalue weighted by Gasteiger charge is 1.90. The fourth-order valence-corrected chi connectivity index (χ4v) is 0.391. The number of hydrogen-bond donors (Lipinski definition) is 1. The number of carboxylic acids is 1. The second kappa shape index (κ2) is 11.2. The first-order valence-corrected chi connectivity index (χ1v) is 4.52. The van der Waals surface area contributed by atoms with E-state index < -0.39 is 5.97 Å². The maximum atomic E-state index is 9.60. The number of carbonyl (C=O) groups is 1. The molecule has 0 aliphatic heterocycles. The van der Waals surface area contributed by atoms with Crippen LogP contribution in [0.5, 0.6) is 0 Å². The summed E-state index contributed by atoms with van der Waals surface area (Å²) in [4.78, 5) is 9.60. The van der Waals surface area contributed by atoms with E-state index in [1.165, 1.54) is 6.92 Å². The molecule has 0 spiro atoms. The molecule has 0 unspecified atom stereocenters. The van der Waals surface area contributed by atoms with Gasteiger partial charge in [-0.15, -0.1) is 0 Å². The molecule has 0 aromatic heterocycles. The standard InChI is InChI=1S/C6H14O.C4H6O2/c1-3-5-7-6-4-2;1-3(2)4(5)6/h3-6H2,1-2H3;1H2,2H3,(H,5,6). The SMILES string of the molecule is C=C(C)C(=O)O.CCCOCCC. The Labute approximate surface area is 80.4 Å².